The van der Waals surface area contributed by atoms with E-state index in [2.05, 4.69) is 117 Å². The molecule has 142 heavy (non-hydrogen) atoms. The van der Waals surface area contributed by atoms with Crippen LogP contribution in [0, 0.1) is 45.4 Å². The monoisotopic (exact) mass is 2010 g/mol. The summed E-state index contributed by atoms with van der Waals surface area (Å²) < 4.78 is 5.26. The molecule has 33 nitrogen and oxygen atoms in total. The van der Waals surface area contributed by atoms with Crippen molar-refractivity contribution in [3.8, 4) is 41.8 Å². The predicted octanol–water partition coefficient (Wildman–Crippen LogP) is 15.0. The molecule has 8 bridgehead atoms. The summed E-state index contributed by atoms with van der Waals surface area (Å²) in [6.07, 6.45) is 35.6. The third kappa shape index (κ3) is 21.6. The van der Waals surface area contributed by atoms with Crippen LogP contribution in [0.15, 0.2) is 49.1 Å². The van der Waals surface area contributed by atoms with Crippen molar-refractivity contribution in [1.29, 1.82) is 0 Å². The Morgan fingerprint density at radius 1 is 0.324 bits per heavy atom. The van der Waals surface area contributed by atoms with Crippen LogP contribution in [0.3, 0.4) is 0 Å². The van der Waals surface area contributed by atoms with Crippen LogP contribution in [0.5, 0.6) is 0 Å². The zero-order valence-electron chi connectivity index (χ0n) is 82.7. The number of amides is 8. The largest absolute Gasteiger partial charge is 0.393 e. The van der Waals surface area contributed by atoms with E-state index in [0.717, 1.165) is 211 Å². The number of aliphatic hydroxyl groups is 4. The second-order valence-corrected chi connectivity index (χ2v) is 47.2. The summed E-state index contributed by atoms with van der Waals surface area (Å²) >= 11 is 5.01. The molecule has 0 radical (unpaired) electrons. The minimum atomic E-state index is -0.751. The minimum Gasteiger partial charge on any atom is -0.393 e. The van der Waals surface area contributed by atoms with Gasteiger partial charge in [-0.3, -0.25) is 38.4 Å². The fourth-order valence-electron chi connectivity index (χ4n) is 24.0. The average molecular weight is 2010 g/mol. The van der Waals surface area contributed by atoms with Crippen LogP contribution in [-0.4, -0.2) is 261 Å². The number of hydrogen-bond acceptors (Lipinski definition) is 29. The van der Waals surface area contributed by atoms with Gasteiger partial charge in [0.15, 0.2) is 20.0 Å². The number of carbonyl (C=O) groups excluding carboxylic acids is 8. The summed E-state index contributed by atoms with van der Waals surface area (Å²) in [5.74, 6) is 3.89. The molecule has 6 saturated carbocycles. The highest BCUT2D eigenvalue weighted by molar-refractivity contribution is 7.18. The van der Waals surface area contributed by atoms with E-state index in [-0.39, 0.29) is 155 Å². The van der Waals surface area contributed by atoms with E-state index in [1.807, 2.05) is 84.0 Å². The van der Waals surface area contributed by atoms with Crippen LogP contribution in [0.1, 0.15) is 337 Å². The smallest absolute Gasteiger partial charge is 0.280 e. The number of nitrogens with zero attached hydrogens (tertiary/aromatic N) is 12. The highest BCUT2D eigenvalue weighted by Gasteiger charge is 2.50. The van der Waals surface area contributed by atoms with Crippen LogP contribution in [0.2, 0.25) is 0 Å². The van der Waals surface area contributed by atoms with E-state index < -0.39 is 18.1 Å². The van der Waals surface area contributed by atoms with Gasteiger partial charge >= 0.3 is 0 Å². The second-order valence-electron chi connectivity index (χ2n) is 43.2. The molecule has 37 heteroatoms. The Kier molecular flexibility index (Phi) is 29.5. The number of ether oxygens (including phenoxy) is 1. The fourth-order valence-corrected chi connectivity index (χ4v) is 28.1. The molecule has 11 atom stereocenters. The highest BCUT2D eigenvalue weighted by Crippen LogP contribution is 2.49. The summed E-state index contributed by atoms with van der Waals surface area (Å²) in [4.78, 5) is 155. The number of aliphatic hydroxyl groups excluding tert-OH is 4. The Balaban J connectivity index is 0.000000116. The van der Waals surface area contributed by atoms with E-state index >= 15 is 0 Å². The summed E-state index contributed by atoms with van der Waals surface area (Å²) in [6, 6.07) is 11.0. The Hall–Kier alpha value is -10.1. The first-order chi connectivity index (χ1) is 68.4. The van der Waals surface area contributed by atoms with Crippen molar-refractivity contribution >= 4 is 116 Å². The third-order valence-electron chi connectivity index (χ3n) is 32.4. The van der Waals surface area contributed by atoms with Gasteiger partial charge in [0.1, 0.15) is 46.0 Å². The average Bonchev–Trinajstić information content (AvgIpc) is 1.62. The number of hydrogen-bond donors (Lipinski definition) is 12. The summed E-state index contributed by atoms with van der Waals surface area (Å²) in [7, 11) is 0. The van der Waals surface area contributed by atoms with Crippen molar-refractivity contribution in [2.75, 3.05) is 34.5 Å². The fraction of sp³-hybridized carbons (Fsp3) is 0.619. The summed E-state index contributed by atoms with van der Waals surface area (Å²) in [6.45, 7) is 19.2. The van der Waals surface area contributed by atoms with E-state index in [1.54, 1.807) is 12.4 Å². The third-order valence-corrected chi connectivity index (χ3v) is 36.8. The quantitative estimate of drug-likeness (QED) is 0.0227. The number of nitrogens with one attached hydrogen (secondary N) is 8. The lowest BCUT2D eigenvalue weighted by Crippen LogP contribution is -2.42. The van der Waals surface area contributed by atoms with Gasteiger partial charge in [-0.1, -0.05) is 0 Å². The number of fused-ring (bicyclic) bond motifs is 8. The Bertz CT molecular complexity index is 5810. The molecule has 8 amide bonds. The summed E-state index contributed by atoms with van der Waals surface area (Å²) in [5, 5.41) is 66.3. The molecule has 8 aromatic heterocycles. The molecule has 6 aliphatic carbocycles. The number of rotatable bonds is 27. The molecule has 758 valence electrons. The Labute approximate surface area is 845 Å². The standard InChI is InChI=1S/2C27H35N5O3S.C26H33N5O4S.C25H33N5O3S/c2*1-14-11-22(29-15(2)16-3-4-16)28-13-21(14)24-23(27(35)32-18-6-7-19(32)9-8-18)31-26(36-24)25(34)30-17-5-10-20(33)12-17;1-13-9-21(28-14(2)15-3-4-15)27-10-18(13)23-22(26(34)31-16-5-6-17(31)8-7-16)30-25(36-23)24(33)29-19-11-35-12-20(19)32;1-13(2)27-20-10-14(3)19(12-26-20)22-21(25(33)30-16-5-6-17(30)8-7-16)29-24(34-22)23(32)28-15-4-9-18(31)11-15/h2*11,13,15-20,33H,3-10,12H2,1-2H3,(H,28,29)(H,30,34);9-10,14-17,19-20,32H,3-8,11-12H2,1-2H3,(H,27,28)(H,29,33);10,12-13,15-18,31H,4-9,11H2,1-3H3,(H,26,27)(H,28,32)/t15-,17+,18?,19?,20+;15-,17-,18?,19?,20-;14-,16?,17?,19-,20-;15-,16?,17?,18-/m1111/s1. The summed E-state index contributed by atoms with van der Waals surface area (Å²) in [5.41, 5.74) is 8.72. The van der Waals surface area contributed by atoms with Crippen LogP contribution < -0.4 is 42.5 Å². The van der Waals surface area contributed by atoms with Crippen molar-refractivity contribution in [2.24, 2.45) is 17.8 Å². The van der Waals surface area contributed by atoms with Crippen molar-refractivity contribution in [3.63, 3.8) is 0 Å². The maximum absolute atomic E-state index is 13.8. The van der Waals surface area contributed by atoms with Crippen molar-refractivity contribution in [1.82, 2.24) is 80.7 Å². The van der Waals surface area contributed by atoms with Gasteiger partial charge in [0, 0.05) is 138 Å². The van der Waals surface area contributed by atoms with E-state index in [9.17, 15) is 58.8 Å². The molecule has 8 aromatic rings. The number of anilines is 4. The molecule has 23 rings (SSSR count). The first-order valence-corrected chi connectivity index (χ1v) is 55.5. The Morgan fingerprint density at radius 2 is 0.563 bits per heavy atom. The molecule has 0 aromatic carbocycles. The molecule has 0 spiro atoms. The lowest BCUT2D eigenvalue weighted by atomic mass is 10.0. The van der Waals surface area contributed by atoms with Crippen LogP contribution >= 0.6 is 45.3 Å². The van der Waals surface area contributed by atoms with Crippen molar-refractivity contribution < 1.29 is 63.5 Å². The molecule has 17 heterocycles. The molecule has 0 unspecified atom stereocenters. The second kappa shape index (κ2) is 42.1. The Morgan fingerprint density at radius 3 is 0.768 bits per heavy atom. The molecule has 15 fully saturated rings. The van der Waals surface area contributed by atoms with Gasteiger partial charge in [0.2, 0.25) is 0 Å². The molecule has 15 aliphatic rings. The van der Waals surface area contributed by atoms with Crippen molar-refractivity contribution in [3.05, 3.63) is 114 Å². The number of carbonyl (C=O) groups is 8. The number of thiazole rings is 4. The molecular formula is C105H136N20O13S4. The van der Waals surface area contributed by atoms with E-state index in [4.69, 9.17) is 4.74 Å². The van der Waals surface area contributed by atoms with Gasteiger partial charge in [-0.15, -0.1) is 45.3 Å². The lowest BCUT2D eigenvalue weighted by molar-refractivity contribution is 0.0716. The van der Waals surface area contributed by atoms with E-state index in [1.165, 1.54) is 83.9 Å². The van der Waals surface area contributed by atoms with Gasteiger partial charge in [0.25, 0.3) is 47.3 Å². The topological polar surface area (TPSA) is 439 Å². The van der Waals surface area contributed by atoms with Crippen molar-refractivity contribution in [2.45, 2.75) is 382 Å². The van der Waals surface area contributed by atoms with Crippen LogP contribution in [0.4, 0.5) is 23.3 Å². The zero-order chi connectivity index (χ0) is 98.9. The van der Waals surface area contributed by atoms with E-state index in [0.29, 0.717) is 105 Å². The van der Waals surface area contributed by atoms with Crippen LogP contribution in [0.25, 0.3) is 41.8 Å². The van der Waals surface area contributed by atoms with Gasteiger partial charge in [-0.25, -0.2) is 39.9 Å². The van der Waals surface area contributed by atoms with Gasteiger partial charge in [-0.2, -0.15) is 0 Å². The van der Waals surface area contributed by atoms with Crippen LogP contribution in [-0.2, 0) is 4.74 Å². The minimum absolute atomic E-state index is 0.0596. The first-order valence-electron chi connectivity index (χ1n) is 52.2. The lowest BCUT2D eigenvalue weighted by Gasteiger charge is -2.21. The molecule has 12 N–H and O–H groups in total. The zero-order valence-corrected chi connectivity index (χ0v) is 86.0. The molecule has 9 saturated heterocycles. The maximum Gasteiger partial charge on any atom is 0.280 e. The van der Waals surface area contributed by atoms with Gasteiger partial charge < -0.3 is 87.3 Å². The van der Waals surface area contributed by atoms with Gasteiger partial charge in [-0.05, 0) is 326 Å². The normalized spacial score (nSPS) is 27.4. The number of pyridine rings is 4. The highest BCUT2D eigenvalue weighted by atomic mass is 32.1. The number of aromatic nitrogens is 8. The maximum atomic E-state index is 13.8. The SMILES string of the molecule is Cc1cc(NC(C)C)ncc1-c1sc(C(=O)N[C@@H]2CC[C@@H](O)C2)nc1C(=O)N1C2CCC1CC2.Cc1cc(N[C@H](C)C2CC2)ncc1-c1sc(C(=O)N[C@@H]2CC[C@@H](O)C2)nc1C(=O)N1C2CCC1CC2.Cc1cc(N[C@H](C)C2CC2)ncc1-c1sc(C(=O)N[C@@H]2COC[C@H]2O)nc1C(=O)N1C2CCC1CC2.Cc1cc(N[C@H](C)C2CC2)ncc1-c1sc(C(=O)N[C@H]2CC[C@H](O)C2)nc1C(=O)N1C2CCC1CC2. The molecular weight excluding hydrogens is 1880 g/mol. The van der Waals surface area contributed by atoms with Gasteiger partial charge in [0.05, 0.1) is 63.2 Å². The molecule has 9 aliphatic heterocycles. The predicted molar refractivity (Wildman–Crippen MR) is 547 cm³/mol. The first kappa shape index (κ1) is 99.2. The number of aryl methyl sites for hydroxylation is 4.